The molecule has 28 heavy (non-hydrogen) atoms. The minimum absolute atomic E-state index is 0.111. The van der Waals surface area contributed by atoms with Crippen LogP contribution in [0.5, 0.6) is 0 Å². The Kier molecular flexibility index (Phi) is 5.40. The Morgan fingerprint density at radius 3 is 2.82 bits per heavy atom. The average Bonchev–Trinajstić information content (AvgIpc) is 3.23. The maximum absolute atomic E-state index is 12.2. The van der Waals surface area contributed by atoms with Crippen LogP contribution in [0.2, 0.25) is 10.0 Å². The smallest absolute Gasteiger partial charge is 0.236 e. The number of hydrogen-bond acceptors (Lipinski definition) is 7. The molecule has 11 heteroatoms. The van der Waals surface area contributed by atoms with E-state index in [1.165, 1.54) is 27.8 Å². The van der Waals surface area contributed by atoms with Crippen molar-refractivity contribution in [1.82, 2.24) is 19.9 Å². The number of fused-ring (bicyclic) bond motifs is 1. The summed E-state index contributed by atoms with van der Waals surface area (Å²) in [6.07, 6.45) is 0. The first kappa shape index (κ1) is 19.0. The molecule has 0 spiro atoms. The molecule has 0 aliphatic carbocycles. The molecule has 2 aromatic carbocycles. The highest BCUT2D eigenvalue weighted by atomic mass is 35.5. The maximum atomic E-state index is 12.2. The van der Waals surface area contributed by atoms with E-state index in [1.54, 1.807) is 18.2 Å². The van der Waals surface area contributed by atoms with Gasteiger partial charge in [-0.25, -0.2) is 9.66 Å². The van der Waals surface area contributed by atoms with Crippen molar-refractivity contribution < 1.29 is 4.79 Å². The predicted molar refractivity (Wildman–Crippen MR) is 115 cm³/mol. The predicted octanol–water partition coefficient (Wildman–Crippen LogP) is 4.31. The summed E-state index contributed by atoms with van der Waals surface area (Å²) in [5.41, 5.74) is 1.45. The topological polar surface area (TPSA) is 98.7 Å². The van der Waals surface area contributed by atoms with E-state index in [9.17, 15) is 4.79 Å². The zero-order valence-corrected chi connectivity index (χ0v) is 17.2. The number of thioether (sulfide) groups is 1. The number of benzene rings is 2. The van der Waals surface area contributed by atoms with E-state index in [-0.39, 0.29) is 11.7 Å². The fraction of sp³-hybridized carbons (Fsp3) is 0.0588. The fourth-order valence-corrected chi connectivity index (χ4v) is 4.47. The summed E-state index contributed by atoms with van der Waals surface area (Å²) >= 11 is 14.7. The third-order valence-corrected chi connectivity index (χ3v) is 6.15. The number of carbonyl (C=O) groups excluding carboxylic acids is 1. The molecule has 4 rings (SSSR count). The quantitative estimate of drug-likeness (QED) is 0.347. The number of aromatic nitrogens is 4. The van der Waals surface area contributed by atoms with Crippen molar-refractivity contribution in [3.63, 3.8) is 0 Å². The number of nitrogen functional groups attached to an aromatic ring is 1. The Labute approximate surface area is 177 Å². The van der Waals surface area contributed by atoms with Gasteiger partial charge in [-0.15, -0.1) is 10.2 Å². The van der Waals surface area contributed by atoms with Gasteiger partial charge < -0.3 is 11.2 Å². The normalized spacial score (nSPS) is 11.1. The number of thiazole rings is 1. The van der Waals surface area contributed by atoms with E-state index >= 15 is 0 Å². The standard InChI is InChI=1S/C17H12Cl2N6OS2/c18-9-5-6-10(11(19)7-9)15-23-24-17(25(15)20)27-8-14(26)22-16-21-12-3-1-2-4-13(12)28-16/h1-7H,8,20H2,(H,21,22,26). The molecule has 0 radical (unpaired) electrons. The molecular weight excluding hydrogens is 439 g/mol. The highest BCUT2D eigenvalue weighted by Gasteiger charge is 2.16. The minimum Gasteiger partial charge on any atom is -0.335 e. The van der Waals surface area contributed by atoms with Crippen molar-refractivity contribution in [2.45, 2.75) is 5.16 Å². The fourth-order valence-electron chi connectivity index (χ4n) is 2.44. The first-order valence-electron chi connectivity index (χ1n) is 7.95. The van der Waals surface area contributed by atoms with E-state index in [2.05, 4.69) is 20.5 Å². The molecule has 0 saturated carbocycles. The lowest BCUT2D eigenvalue weighted by atomic mass is 10.2. The summed E-state index contributed by atoms with van der Waals surface area (Å²) in [5.74, 6) is 6.35. The number of carbonyl (C=O) groups is 1. The summed E-state index contributed by atoms with van der Waals surface area (Å²) in [6.45, 7) is 0. The Morgan fingerprint density at radius 1 is 1.21 bits per heavy atom. The molecule has 2 aromatic heterocycles. The van der Waals surface area contributed by atoms with Crippen LogP contribution in [0.3, 0.4) is 0 Å². The monoisotopic (exact) mass is 450 g/mol. The number of para-hydroxylation sites is 1. The molecule has 0 atom stereocenters. The molecule has 0 saturated heterocycles. The zero-order chi connectivity index (χ0) is 19.7. The number of rotatable bonds is 5. The van der Waals surface area contributed by atoms with Crippen molar-refractivity contribution in [3.05, 3.63) is 52.5 Å². The number of amides is 1. The van der Waals surface area contributed by atoms with Crippen LogP contribution in [0.25, 0.3) is 21.6 Å². The molecule has 3 N–H and O–H groups in total. The van der Waals surface area contributed by atoms with E-state index in [4.69, 9.17) is 29.0 Å². The Bertz CT molecular complexity index is 1140. The number of anilines is 1. The van der Waals surface area contributed by atoms with E-state index in [0.29, 0.717) is 31.7 Å². The summed E-state index contributed by atoms with van der Waals surface area (Å²) in [5, 5.41) is 12.8. The van der Waals surface area contributed by atoms with E-state index < -0.39 is 0 Å². The van der Waals surface area contributed by atoms with Gasteiger partial charge >= 0.3 is 0 Å². The van der Waals surface area contributed by atoms with Crippen LogP contribution in [-0.4, -0.2) is 31.5 Å². The summed E-state index contributed by atoms with van der Waals surface area (Å²) in [7, 11) is 0. The third-order valence-electron chi connectivity index (χ3n) is 3.71. The van der Waals surface area contributed by atoms with E-state index in [0.717, 1.165) is 10.2 Å². The highest BCUT2D eigenvalue weighted by Crippen LogP contribution is 2.30. The van der Waals surface area contributed by atoms with Crippen LogP contribution in [0.15, 0.2) is 47.6 Å². The number of nitrogens with one attached hydrogen (secondary N) is 1. The lowest BCUT2D eigenvalue weighted by Crippen LogP contribution is -2.16. The lowest BCUT2D eigenvalue weighted by molar-refractivity contribution is -0.113. The maximum Gasteiger partial charge on any atom is 0.236 e. The summed E-state index contributed by atoms with van der Waals surface area (Å²) in [6, 6.07) is 12.7. The lowest BCUT2D eigenvalue weighted by Gasteiger charge is -2.05. The van der Waals surface area contributed by atoms with Crippen molar-refractivity contribution in [1.29, 1.82) is 0 Å². The Morgan fingerprint density at radius 2 is 2.04 bits per heavy atom. The van der Waals surface area contributed by atoms with Gasteiger partial charge in [0.2, 0.25) is 11.1 Å². The van der Waals surface area contributed by atoms with Crippen LogP contribution in [0.4, 0.5) is 5.13 Å². The largest absolute Gasteiger partial charge is 0.335 e. The van der Waals surface area contributed by atoms with Gasteiger partial charge in [0, 0.05) is 10.6 Å². The van der Waals surface area contributed by atoms with Gasteiger partial charge in [0.05, 0.1) is 21.0 Å². The highest BCUT2D eigenvalue weighted by molar-refractivity contribution is 7.99. The first-order chi connectivity index (χ1) is 13.5. The second-order valence-corrected chi connectivity index (χ2v) is 8.44. The zero-order valence-electron chi connectivity index (χ0n) is 14.1. The number of nitrogens with zero attached hydrogens (tertiary/aromatic N) is 4. The number of halogens is 2. The first-order valence-corrected chi connectivity index (χ1v) is 10.5. The van der Waals surface area contributed by atoms with Gasteiger partial charge in [0.15, 0.2) is 11.0 Å². The second-order valence-electron chi connectivity index (χ2n) is 5.62. The second kappa shape index (κ2) is 7.96. The van der Waals surface area contributed by atoms with Gasteiger partial charge in [-0.2, -0.15) is 0 Å². The summed E-state index contributed by atoms with van der Waals surface area (Å²) in [4.78, 5) is 16.6. The third kappa shape index (κ3) is 3.93. The van der Waals surface area contributed by atoms with Gasteiger partial charge in [0.1, 0.15) is 0 Å². The molecule has 2 heterocycles. The molecule has 0 fully saturated rings. The molecule has 0 aliphatic heterocycles. The van der Waals surface area contributed by atoms with Crippen molar-refractivity contribution >= 4 is 67.6 Å². The van der Waals surface area contributed by atoms with Crippen molar-refractivity contribution in [3.8, 4) is 11.4 Å². The number of nitrogens with two attached hydrogens (primary N) is 1. The van der Waals surface area contributed by atoms with Crippen LogP contribution in [-0.2, 0) is 4.79 Å². The van der Waals surface area contributed by atoms with Crippen molar-refractivity contribution in [2.75, 3.05) is 16.9 Å². The van der Waals surface area contributed by atoms with Crippen LogP contribution in [0.1, 0.15) is 0 Å². The molecule has 0 bridgehead atoms. The van der Waals surface area contributed by atoms with Gasteiger partial charge in [-0.05, 0) is 30.3 Å². The van der Waals surface area contributed by atoms with Gasteiger partial charge in [0.25, 0.3) is 0 Å². The van der Waals surface area contributed by atoms with Gasteiger partial charge in [-0.3, -0.25) is 4.79 Å². The minimum atomic E-state index is -0.210. The van der Waals surface area contributed by atoms with Gasteiger partial charge in [-0.1, -0.05) is 58.4 Å². The summed E-state index contributed by atoms with van der Waals surface area (Å²) < 4.78 is 2.31. The Balaban J connectivity index is 1.43. The molecule has 0 unspecified atom stereocenters. The molecule has 142 valence electrons. The van der Waals surface area contributed by atoms with Crippen molar-refractivity contribution in [2.24, 2.45) is 0 Å². The van der Waals surface area contributed by atoms with Crippen LogP contribution in [0, 0.1) is 0 Å². The molecule has 0 aliphatic rings. The number of hydrogen-bond donors (Lipinski definition) is 2. The Hall–Kier alpha value is -2.33. The molecule has 7 nitrogen and oxygen atoms in total. The molecule has 1 amide bonds. The van der Waals surface area contributed by atoms with Crippen LogP contribution >= 0.6 is 46.3 Å². The van der Waals surface area contributed by atoms with E-state index in [1.807, 2.05) is 24.3 Å². The molecular formula is C17H12Cl2N6OS2. The average molecular weight is 451 g/mol. The molecule has 4 aromatic rings. The SMILES string of the molecule is Nn1c(SCC(=O)Nc2nc3ccccc3s2)nnc1-c1ccc(Cl)cc1Cl. The van der Waals surface area contributed by atoms with Crippen LogP contribution < -0.4 is 11.2 Å².